The third-order valence-corrected chi connectivity index (χ3v) is 5.68. The highest BCUT2D eigenvalue weighted by Crippen LogP contribution is 2.23. The Morgan fingerprint density at radius 3 is 2.43 bits per heavy atom. The molecule has 124 valence electrons. The number of rotatable bonds is 8. The molecule has 8 heteroatoms. The second-order valence-electron chi connectivity index (χ2n) is 5.67. The molecule has 0 bridgehead atoms. The lowest BCUT2D eigenvalue weighted by Gasteiger charge is -2.36. The van der Waals surface area contributed by atoms with Crippen molar-refractivity contribution in [1.29, 1.82) is 0 Å². The molecule has 0 aliphatic carbocycles. The number of carboxylic acids is 1. The molecule has 0 aromatic rings. The Morgan fingerprint density at radius 1 is 1.24 bits per heavy atom. The van der Waals surface area contributed by atoms with E-state index in [0.29, 0.717) is 39.0 Å². The summed E-state index contributed by atoms with van der Waals surface area (Å²) in [5, 5.41) is 9.27. The number of aliphatic carboxylic acids is 1. The van der Waals surface area contributed by atoms with Crippen LogP contribution in [0.25, 0.3) is 0 Å². The van der Waals surface area contributed by atoms with Crippen molar-refractivity contribution >= 4 is 16.2 Å². The lowest BCUT2D eigenvalue weighted by atomic mass is 10.1. The van der Waals surface area contributed by atoms with Gasteiger partial charge < -0.3 is 10.0 Å². The molecular formula is C13H27N3O4S. The third-order valence-electron chi connectivity index (χ3n) is 3.63. The Bertz CT molecular complexity index is 439. The van der Waals surface area contributed by atoms with Crippen molar-refractivity contribution in [2.45, 2.75) is 38.6 Å². The van der Waals surface area contributed by atoms with Gasteiger partial charge in [0, 0.05) is 26.2 Å². The summed E-state index contributed by atoms with van der Waals surface area (Å²) < 4.78 is 28.1. The molecule has 1 aliphatic rings. The summed E-state index contributed by atoms with van der Waals surface area (Å²) in [7, 11) is 0.0562. The molecular weight excluding hydrogens is 294 g/mol. The van der Waals surface area contributed by atoms with Gasteiger partial charge in [0.15, 0.2) is 0 Å². The van der Waals surface area contributed by atoms with Crippen molar-refractivity contribution in [3.05, 3.63) is 0 Å². The zero-order valence-electron chi connectivity index (χ0n) is 13.2. The molecule has 0 amide bonds. The van der Waals surface area contributed by atoms with E-state index in [1.165, 1.54) is 8.61 Å². The van der Waals surface area contributed by atoms with E-state index in [1.54, 1.807) is 0 Å². The Kier molecular flexibility index (Phi) is 7.05. The number of carbonyl (C=O) groups is 1. The van der Waals surface area contributed by atoms with Crippen LogP contribution in [0.1, 0.15) is 32.6 Å². The maximum Gasteiger partial charge on any atom is 0.322 e. The molecule has 1 unspecified atom stereocenters. The minimum Gasteiger partial charge on any atom is -0.480 e. The number of nitrogens with zero attached hydrogens (tertiary/aromatic N) is 3. The summed E-state index contributed by atoms with van der Waals surface area (Å²) in [4.78, 5) is 13.2. The lowest BCUT2D eigenvalue weighted by molar-refractivity contribution is -0.142. The van der Waals surface area contributed by atoms with Gasteiger partial charge in [-0.1, -0.05) is 6.92 Å². The molecule has 0 saturated carbocycles. The number of likely N-dealkylation sites (N-methyl/N-ethyl adjacent to an activating group) is 1. The molecule has 1 heterocycles. The van der Waals surface area contributed by atoms with E-state index in [1.807, 2.05) is 25.9 Å². The molecule has 0 aromatic carbocycles. The van der Waals surface area contributed by atoms with Gasteiger partial charge in [0.25, 0.3) is 10.2 Å². The Morgan fingerprint density at radius 2 is 1.90 bits per heavy atom. The van der Waals surface area contributed by atoms with Crippen LogP contribution in [0.4, 0.5) is 0 Å². The van der Waals surface area contributed by atoms with Gasteiger partial charge in [-0.25, -0.2) is 0 Å². The van der Waals surface area contributed by atoms with E-state index in [4.69, 9.17) is 0 Å². The molecule has 21 heavy (non-hydrogen) atoms. The topological polar surface area (TPSA) is 81.2 Å². The largest absolute Gasteiger partial charge is 0.480 e. The van der Waals surface area contributed by atoms with E-state index in [2.05, 4.69) is 0 Å². The van der Waals surface area contributed by atoms with Gasteiger partial charge in [0.2, 0.25) is 0 Å². The second-order valence-corrected chi connectivity index (χ2v) is 7.55. The maximum atomic E-state index is 12.8. The molecule has 1 aliphatic heterocycles. The molecule has 7 nitrogen and oxygen atoms in total. The average Bonchev–Trinajstić information content (AvgIpc) is 2.43. The van der Waals surface area contributed by atoms with Crippen molar-refractivity contribution in [3.8, 4) is 0 Å². The van der Waals surface area contributed by atoms with Crippen LogP contribution >= 0.6 is 0 Å². The van der Waals surface area contributed by atoms with E-state index >= 15 is 0 Å². The van der Waals surface area contributed by atoms with Crippen LogP contribution in [0, 0.1) is 0 Å². The van der Waals surface area contributed by atoms with Crippen LogP contribution in [0.15, 0.2) is 0 Å². The van der Waals surface area contributed by atoms with Crippen LogP contribution in [-0.4, -0.2) is 79.3 Å². The van der Waals surface area contributed by atoms with Gasteiger partial charge in [-0.2, -0.15) is 17.0 Å². The smallest absolute Gasteiger partial charge is 0.322 e. The summed E-state index contributed by atoms with van der Waals surface area (Å²) in [6.07, 6.45) is 2.57. The normalized spacial score (nSPS) is 21.1. The summed E-state index contributed by atoms with van der Waals surface area (Å²) in [5.74, 6) is -1.05. The van der Waals surface area contributed by atoms with E-state index in [9.17, 15) is 18.3 Å². The highest BCUT2D eigenvalue weighted by Gasteiger charge is 2.39. The summed E-state index contributed by atoms with van der Waals surface area (Å²) in [6.45, 7) is 3.63. The Labute approximate surface area is 127 Å². The van der Waals surface area contributed by atoms with E-state index < -0.39 is 22.2 Å². The first-order valence-corrected chi connectivity index (χ1v) is 8.84. The van der Waals surface area contributed by atoms with Crippen LogP contribution < -0.4 is 0 Å². The Hall–Kier alpha value is -0.700. The molecule has 1 rings (SSSR count). The van der Waals surface area contributed by atoms with Crippen LogP contribution in [0.2, 0.25) is 0 Å². The first-order chi connectivity index (χ1) is 9.80. The summed E-state index contributed by atoms with van der Waals surface area (Å²) in [5.41, 5.74) is 0. The van der Waals surface area contributed by atoms with E-state index in [0.717, 1.165) is 12.8 Å². The van der Waals surface area contributed by atoms with Crippen molar-refractivity contribution in [2.24, 2.45) is 0 Å². The maximum absolute atomic E-state index is 12.8. The van der Waals surface area contributed by atoms with Crippen molar-refractivity contribution in [1.82, 2.24) is 13.5 Å². The van der Waals surface area contributed by atoms with Gasteiger partial charge >= 0.3 is 5.97 Å². The predicted molar refractivity (Wildman–Crippen MR) is 81.3 cm³/mol. The number of piperidine rings is 1. The molecule has 0 aromatic heterocycles. The molecule has 1 fully saturated rings. The molecule has 0 radical (unpaired) electrons. The minimum absolute atomic E-state index is 0.293. The van der Waals surface area contributed by atoms with Crippen LogP contribution in [0.3, 0.4) is 0 Å². The number of carboxylic acid groups (broad SMARTS) is 1. The predicted octanol–water partition coefficient (Wildman–Crippen LogP) is 0.444. The fourth-order valence-electron chi connectivity index (χ4n) is 2.48. The monoisotopic (exact) mass is 321 g/mol. The summed E-state index contributed by atoms with van der Waals surface area (Å²) >= 11 is 0. The SMILES string of the molecule is CCCN(CCN(C)C)S(=O)(=O)N1CCCCC1C(=O)O. The summed E-state index contributed by atoms with van der Waals surface area (Å²) in [6, 6.07) is -0.928. The van der Waals surface area contributed by atoms with Gasteiger partial charge in [-0.15, -0.1) is 0 Å². The van der Waals surface area contributed by atoms with Crippen molar-refractivity contribution in [3.63, 3.8) is 0 Å². The zero-order chi connectivity index (χ0) is 16.0. The van der Waals surface area contributed by atoms with Crippen LogP contribution in [-0.2, 0) is 15.0 Å². The Balaban J connectivity index is 2.93. The average molecular weight is 321 g/mol. The number of hydrogen-bond acceptors (Lipinski definition) is 4. The number of hydrogen-bond donors (Lipinski definition) is 1. The fraction of sp³-hybridized carbons (Fsp3) is 0.923. The second kappa shape index (κ2) is 8.07. The quantitative estimate of drug-likeness (QED) is 0.702. The third kappa shape index (κ3) is 4.91. The van der Waals surface area contributed by atoms with Gasteiger partial charge in [0.1, 0.15) is 6.04 Å². The highest BCUT2D eigenvalue weighted by atomic mass is 32.2. The standard InChI is InChI=1S/C13H27N3O4S/c1-4-8-15(11-10-14(2)3)21(19,20)16-9-6-5-7-12(16)13(17)18/h12H,4-11H2,1-3H3,(H,17,18). The van der Waals surface area contributed by atoms with Crippen LogP contribution in [0.5, 0.6) is 0 Å². The molecule has 1 N–H and O–H groups in total. The molecule has 1 saturated heterocycles. The lowest BCUT2D eigenvalue weighted by Crippen LogP contribution is -2.54. The minimum atomic E-state index is -3.72. The highest BCUT2D eigenvalue weighted by molar-refractivity contribution is 7.86. The van der Waals surface area contributed by atoms with Gasteiger partial charge in [0.05, 0.1) is 0 Å². The van der Waals surface area contributed by atoms with E-state index in [-0.39, 0.29) is 0 Å². The van der Waals surface area contributed by atoms with Gasteiger partial charge in [-0.05, 0) is 39.8 Å². The van der Waals surface area contributed by atoms with Crippen molar-refractivity contribution < 1.29 is 18.3 Å². The fourth-order valence-corrected chi connectivity index (χ4v) is 4.38. The van der Waals surface area contributed by atoms with Gasteiger partial charge in [-0.3, -0.25) is 4.79 Å². The first-order valence-electron chi connectivity index (χ1n) is 7.45. The zero-order valence-corrected chi connectivity index (χ0v) is 14.0. The molecule has 0 spiro atoms. The molecule has 1 atom stereocenters. The van der Waals surface area contributed by atoms with Crippen molar-refractivity contribution in [2.75, 3.05) is 40.3 Å². The first kappa shape index (κ1) is 18.3.